The van der Waals surface area contributed by atoms with Crippen LogP contribution in [0.25, 0.3) is 0 Å². The van der Waals surface area contributed by atoms with Crippen molar-refractivity contribution in [1.82, 2.24) is 9.88 Å². The number of amides is 1. The molecule has 2 fully saturated rings. The molecule has 1 amide bonds. The van der Waals surface area contributed by atoms with Crippen LogP contribution in [0.4, 0.5) is 11.5 Å². The van der Waals surface area contributed by atoms with Crippen LogP contribution in [-0.4, -0.2) is 53.8 Å². The van der Waals surface area contributed by atoms with Crippen molar-refractivity contribution in [2.75, 3.05) is 29.9 Å². The molecule has 0 spiro atoms. The van der Waals surface area contributed by atoms with Crippen molar-refractivity contribution in [3.8, 4) is 5.75 Å². The van der Waals surface area contributed by atoms with Crippen LogP contribution in [0, 0.1) is 0 Å². The van der Waals surface area contributed by atoms with Crippen molar-refractivity contribution in [2.45, 2.75) is 76.3 Å². The Morgan fingerprint density at radius 1 is 0.900 bits per heavy atom. The first-order valence-electron chi connectivity index (χ1n) is 14.9. The lowest BCUT2D eigenvalue weighted by Gasteiger charge is -2.37. The van der Waals surface area contributed by atoms with E-state index in [9.17, 15) is 4.79 Å². The smallest absolute Gasteiger partial charge is 0.263 e. The quantitative estimate of drug-likeness (QED) is 0.306. The van der Waals surface area contributed by atoms with Gasteiger partial charge in [-0.1, -0.05) is 43.2 Å². The van der Waals surface area contributed by atoms with E-state index in [1.165, 1.54) is 25.7 Å². The highest BCUT2D eigenvalue weighted by Crippen LogP contribution is 2.32. The SMILES string of the molecule is O=C1c2cccnc2NC(CCCOCc2ccccc2)N1c1ccc(OC2CCN(C3CCCC3)CC2)cc1. The molecule has 6 rings (SSSR count). The first-order chi connectivity index (χ1) is 19.7. The Morgan fingerprint density at radius 2 is 1.68 bits per heavy atom. The average molecular weight is 541 g/mol. The molecule has 1 aliphatic carbocycles. The second kappa shape index (κ2) is 12.8. The molecule has 7 heteroatoms. The van der Waals surface area contributed by atoms with E-state index in [-0.39, 0.29) is 18.2 Å². The van der Waals surface area contributed by atoms with Crippen LogP contribution in [0.5, 0.6) is 5.75 Å². The molecule has 7 nitrogen and oxygen atoms in total. The molecule has 1 saturated carbocycles. The van der Waals surface area contributed by atoms with Gasteiger partial charge in [0.15, 0.2) is 0 Å². The number of pyridine rings is 1. The van der Waals surface area contributed by atoms with E-state index >= 15 is 0 Å². The van der Waals surface area contributed by atoms with Gasteiger partial charge >= 0.3 is 0 Å². The van der Waals surface area contributed by atoms with E-state index < -0.39 is 0 Å². The monoisotopic (exact) mass is 540 g/mol. The molecule has 3 aromatic rings. The maximum atomic E-state index is 13.6. The van der Waals surface area contributed by atoms with Crippen molar-refractivity contribution in [1.29, 1.82) is 0 Å². The van der Waals surface area contributed by atoms with Gasteiger partial charge in [-0.3, -0.25) is 9.69 Å². The van der Waals surface area contributed by atoms with Gasteiger partial charge in [0.25, 0.3) is 5.91 Å². The van der Waals surface area contributed by atoms with Gasteiger partial charge in [-0.15, -0.1) is 0 Å². The topological polar surface area (TPSA) is 66.9 Å². The highest BCUT2D eigenvalue weighted by atomic mass is 16.5. The molecular weight excluding hydrogens is 500 g/mol. The molecule has 2 aromatic carbocycles. The zero-order valence-corrected chi connectivity index (χ0v) is 23.2. The third-order valence-electron chi connectivity index (χ3n) is 8.49. The summed E-state index contributed by atoms with van der Waals surface area (Å²) >= 11 is 0. The van der Waals surface area contributed by atoms with Gasteiger partial charge in [0.1, 0.15) is 23.8 Å². The van der Waals surface area contributed by atoms with E-state index in [4.69, 9.17) is 9.47 Å². The Morgan fingerprint density at radius 3 is 2.45 bits per heavy atom. The summed E-state index contributed by atoms with van der Waals surface area (Å²) in [5.41, 5.74) is 2.61. The van der Waals surface area contributed by atoms with E-state index in [2.05, 4.69) is 27.3 Å². The highest BCUT2D eigenvalue weighted by Gasteiger charge is 2.34. The summed E-state index contributed by atoms with van der Waals surface area (Å²) < 4.78 is 12.3. The molecule has 3 aliphatic rings. The Kier molecular flexibility index (Phi) is 8.59. The number of ether oxygens (including phenoxy) is 2. The number of carbonyl (C=O) groups excluding carboxylic acids is 1. The third-order valence-corrected chi connectivity index (χ3v) is 8.49. The van der Waals surface area contributed by atoms with Gasteiger partial charge in [-0.05, 0) is 80.5 Å². The van der Waals surface area contributed by atoms with Gasteiger partial charge in [0.05, 0.1) is 12.2 Å². The molecule has 210 valence electrons. The molecule has 2 aliphatic heterocycles. The molecule has 1 saturated heterocycles. The molecule has 0 radical (unpaired) electrons. The number of hydrogen-bond acceptors (Lipinski definition) is 6. The van der Waals surface area contributed by atoms with E-state index in [0.29, 0.717) is 24.6 Å². The van der Waals surface area contributed by atoms with Crippen molar-refractivity contribution < 1.29 is 14.3 Å². The molecule has 0 bridgehead atoms. The predicted octanol–water partition coefficient (Wildman–Crippen LogP) is 6.26. The minimum absolute atomic E-state index is 0.0370. The second-order valence-corrected chi connectivity index (χ2v) is 11.2. The van der Waals surface area contributed by atoms with Gasteiger partial charge in [0.2, 0.25) is 0 Å². The summed E-state index contributed by atoms with van der Waals surface area (Å²) in [7, 11) is 0. The third kappa shape index (κ3) is 6.31. The molecule has 1 unspecified atom stereocenters. The highest BCUT2D eigenvalue weighted by molar-refractivity contribution is 6.11. The van der Waals surface area contributed by atoms with Crippen LogP contribution < -0.4 is 15.0 Å². The number of hydrogen-bond donors (Lipinski definition) is 1. The number of likely N-dealkylation sites (tertiary alicyclic amines) is 1. The van der Waals surface area contributed by atoms with Gasteiger partial charge in [-0.25, -0.2) is 4.98 Å². The summed E-state index contributed by atoms with van der Waals surface area (Å²) in [5, 5.41) is 3.49. The van der Waals surface area contributed by atoms with Crippen LogP contribution in [0.1, 0.15) is 67.3 Å². The number of piperidine rings is 1. The van der Waals surface area contributed by atoms with E-state index in [0.717, 1.165) is 61.8 Å². The van der Waals surface area contributed by atoms with Gasteiger partial charge < -0.3 is 19.7 Å². The van der Waals surface area contributed by atoms with E-state index in [1.54, 1.807) is 6.20 Å². The molecule has 1 atom stereocenters. The number of rotatable bonds is 10. The minimum Gasteiger partial charge on any atom is -0.490 e. The Balaban J connectivity index is 1.07. The Labute approximate surface area is 237 Å². The average Bonchev–Trinajstić information content (AvgIpc) is 3.54. The fraction of sp³-hybridized carbons (Fsp3) is 0.455. The number of anilines is 2. The zero-order valence-electron chi connectivity index (χ0n) is 23.2. The molecular formula is C33H40N4O3. The first-order valence-corrected chi connectivity index (χ1v) is 14.9. The molecule has 1 aromatic heterocycles. The number of aromatic nitrogens is 1. The molecule has 1 N–H and O–H groups in total. The van der Waals surface area contributed by atoms with Crippen LogP contribution >= 0.6 is 0 Å². The summed E-state index contributed by atoms with van der Waals surface area (Å²) in [4.78, 5) is 22.6. The van der Waals surface area contributed by atoms with Gasteiger partial charge in [0, 0.05) is 37.6 Å². The molecule has 40 heavy (non-hydrogen) atoms. The van der Waals surface area contributed by atoms with Crippen molar-refractivity contribution in [3.05, 3.63) is 84.1 Å². The summed E-state index contributed by atoms with van der Waals surface area (Å²) in [6.07, 6.45) is 11.0. The van der Waals surface area contributed by atoms with Crippen LogP contribution in [-0.2, 0) is 11.3 Å². The van der Waals surface area contributed by atoms with Crippen molar-refractivity contribution >= 4 is 17.4 Å². The summed E-state index contributed by atoms with van der Waals surface area (Å²) in [6.45, 7) is 3.47. The zero-order chi connectivity index (χ0) is 27.1. The second-order valence-electron chi connectivity index (χ2n) is 11.2. The fourth-order valence-corrected chi connectivity index (χ4v) is 6.33. The standard InChI is InChI=1S/C33H40N4O3/c38-33-30-12-6-20-34-32(30)35-31(13-7-23-39-24-25-8-2-1-3-9-25)37(33)27-14-16-28(17-15-27)40-29-18-21-36(22-19-29)26-10-4-5-11-26/h1-3,6,8-9,12,14-17,20,26,29,31H,4-5,7,10-11,13,18-19,21-24H2,(H,34,35). The maximum absolute atomic E-state index is 13.6. The minimum atomic E-state index is -0.207. The normalized spacial score (nSPS) is 20.4. The lowest BCUT2D eigenvalue weighted by atomic mass is 10.0. The lowest BCUT2D eigenvalue weighted by molar-refractivity contribution is 0.0768. The van der Waals surface area contributed by atoms with Crippen molar-refractivity contribution in [2.24, 2.45) is 0 Å². The van der Waals surface area contributed by atoms with Crippen LogP contribution in [0.2, 0.25) is 0 Å². The number of fused-ring (bicyclic) bond motifs is 1. The predicted molar refractivity (Wildman–Crippen MR) is 158 cm³/mol. The van der Waals surface area contributed by atoms with Crippen molar-refractivity contribution in [3.63, 3.8) is 0 Å². The van der Waals surface area contributed by atoms with Gasteiger partial charge in [-0.2, -0.15) is 0 Å². The largest absolute Gasteiger partial charge is 0.490 e. The van der Waals surface area contributed by atoms with Crippen LogP contribution in [0.3, 0.4) is 0 Å². The lowest BCUT2D eigenvalue weighted by Crippen LogP contribution is -2.49. The first kappa shape index (κ1) is 26.8. The summed E-state index contributed by atoms with van der Waals surface area (Å²) in [5.74, 6) is 1.47. The number of nitrogens with one attached hydrogen (secondary N) is 1. The van der Waals surface area contributed by atoms with E-state index in [1.807, 2.05) is 59.5 Å². The Hall–Kier alpha value is -3.42. The maximum Gasteiger partial charge on any atom is 0.263 e. The number of nitrogens with zero attached hydrogens (tertiary/aromatic N) is 3. The number of carbonyl (C=O) groups is 1. The summed E-state index contributed by atoms with van der Waals surface area (Å²) in [6, 6.07) is 22.6. The fourth-order valence-electron chi connectivity index (χ4n) is 6.33. The Bertz CT molecular complexity index is 1240. The number of benzene rings is 2. The van der Waals surface area contributed by atoms with Crippen LogP contribution in [0.15, 0.2) is 72.9 Å². The molecule has 3 heterocycles.